The zero-order valence-corrected chi connectivity index (χ0v) is 12.8. The van der Waals surface area contributed by atoms with Crippen LogP contribution in [0.25, 0.3) is 0 Å². The van der Waals surface area contributed by atoms with E-state index >= 15 is 0 Å². The van der Waals surface area contributed by atoms with E-state index in [9.17, 15) is 8.42 Å². The molecule has 1 aliphatic rings. The molecule has 112 valence electrons. The van der Waals surface area contributed by atoms with Gasteiger partial charge in [0.1, 0.15) is 0 Å². The Kier molecular flexibility index (Phi) is 4.74. The lowest BCUT2D eigenvalue weighted by Gasteiger charge is -2.34. The summed E-state index contributed by atoms with van der Waals surface area (Å²) in [5.74, 6) is 0. The van der Waals surface area contributed by atoms with E-state index in [-0.39, 0.29) is 18.2 Å². The molecule has 20 heavy (non-hydrogen) atoms. The van der Waals surface area contributed by atoms with E-state index < -0.39 is 10.2 Å². The second-order valence-electron chi connectivity index (χ2n) is 5.17. The fourth-order valence-corrected chi connectivity index (χ4v) is 3.85. The third-order valence-electron chi connectivity index (χ3n) is 3.18. The van der Waals surface area contributed by atoms with E-state index in [1.807, 2.05) is 19.9 Å². The summed E-state index contributed by atoms with van der Waals surface area (Å²) in [7, 11) is -3.53. The minimum Gasteiger partial charge on any atom is -0.373 e. The lowest BCUT2D eigenvalue weighted by atomic mass is 10.2. The van der Waals surface area contributed by atoms with E-state index in [0.29, 0.717) is 18.8 Å². The van der Waals surface area contributed by atoms with Gasteiger partial charge in [-0.2, -0.15) is 17.4 Å². The number of aromatic nitrogens is 1. The molecule has 1 aromatic heterocycles. The smallest absolute Gasteiger partial charge is 0.280 e. The van der Waals surface area contributed by atoms with E-state index in [2.05, 4.69) is 9.71 Å². The molecule has 3 atom stereocenters. The monoisotopic (exact) mass is 299 g/mol. The summed E-state index contributed by atoms with van der Waals surface area (Å²) in [6, 6.07) is 5.08. The van der Waals surface area contributed by atoms with Crippen LogP contribution in [0.2, 0.25) is 0 Å². The first-order valence-electron chi connectivity index (χ1n) is 6.72. The van der Waals surface area contributed by atoms with Crippen LogP contribution in [0.5, 0.6) is 0 Å². The molecule has 1 fully saturated rings. The van der Waals surface area contributed by atoms with Crippen LogP contribution in [-0.2, 0) is 14.9 Å². The van der Waals surface area contributed by atoms with Crippen molar-refractivity contribution in [2.24, 2.45) is 0 Å². The van der Waals surface area contributed by atoms with Gasteiger partial charge in [-0.15, -0.1) is 0 Å². The van der Waals surface area contributed by atoms with Gasteiger partial charge < -0.3 is 4.74 Å². The molecule has 1 N–H and O–H groups in total. The maximum absolute atomic E-state index is 12.4. The van der Waals surface area contributed by atoms with Crippen LogP contribution in [-0.4, -0.2) is 43.0 Å². The lowest BCUT2D eigenvalue weighted by molar-refractivity contribution is -0.0444. The molecule has 1 aliphatic heterocycles. The molecule has 0 amide bonds. The van der Waals surface area contributed by atoms with Gasteiger partial charge in [-0.05, 0) is 32.9 Å². The highest BCUT2D eigenvalue weighted by molar-refractivity contribution is 7.87. The van der Waals surface area contributed by atoms with Crippen LogP contribution >= 0.6 is 0 Å². The average Bonchev–Trinajstić information content (AvgIpc) is 2.38. The van der Waals surface area contributed by atoms with Crippen LogP contribution in [0.1, 0.15) is 32.5 Å². The van der Waals surface area contributed by atoms with E-state index in [1.165, 1.54) is 4.31 Å². The van der Waals surface area contributed by atoms with Crippen LogP contribution in [0.3, 0.4) is 0 Å². The van der Waals surface area contributed by atoms with Gasteiger partial charge in [0.15, 0.2) is 0 Å². The zero-order valence-electron chi connectivity index (χ0n) is 12.0. The molecule has 1 saturated heterocycles. The number of nitrogens with one attached hydrogen (secondary N) is 1. The summed E-state index contributed by atoms with van der Waals surface area (Å²) in [4.78, 5) is 4.17. The second-order valence-corrected chi connectivity index (χ2v) is 6.88. The molecule has 0 spiro atoms. The van der Waals surface area contributed by atoms with Gasteiger partial charge in [-0.3, -0.25) is 4.98 Å². The third kappa shape index (κ3) is 3.76. The summed E-state index contributed by atoms with van der Waals surface area (Å²) in [6.07, 6.45) is 1.46. The Hall–Kier alpha value is -1.02. The Labute approximate surface area is 120 Å². The van der Waals surface area contributed by atoms with E-state index in [4.69, 9.17) is 4.74 Å². The van der Waals surface area contributed by atoms with Crippen molar-refractivity contribution in [3.63, 3.8) is 0 Å². The summed E-state index contributed by atoms with van der Waals surface area (Å²) < 4.78 is 34.4. The standard InChI is InChI=1S/C13H21N3O3S/c1-10-8-16(9-11(2)19-10)20(17,18)15-12(3)13-6-4-5-7-14-13/h4-7,10-12,15H,8-9H2,1-3H3/t10-,11-,12-/m1/s1. The van der Waals surface area contributed by atoms with Crippen LogP contribution in [0.4, 0.5) is 0 Å². The molecule has 0 bridgehead atoms. The predicted octanol–water partition coefficient (Wildman–Crippen LogP) is 1.09. The fourth-order valence-electron chi connectivity index (χ4n) is 2.32. The van der Waals surface area contributed by atoms with Crippen LogP contribution in [0, 0.1) is 0 Å². The maximum Gasteiger partial charge on any atom is 0.280 e. The van der Waals surface area contributed by atoms with Crippen molar-refractivity contribution >= 4 is 10.2 Å². The van der Waals surface area contributed by atoms with Crippen molar-refractivity contribution in [1.82, 2.24) is 14.0 Å². The number of pyridine rings is 1. The van der Waals surface area contributed by atoms with Gasteiger partial charge in [0.05, 0.1) is 23.9 Å². The molecule has 0 aromatic carbocycles. The van der Waals surface area contributed by atoms with E-state index in [0.717, 1.165) is 0 Å². The molecule has 1 aromatic rings. The Morgan fingerprint density at radius 2 is 2.00 bits per heavy atom. The third-order valence-corrected chi connectivity index (χ3v) is 4.81. The number of rotatable bonds is 4. The first kappa shape index (κ1) is 15.4. The van der Waals surface area contributed by atoms with Gasteiger partial charge in [0, 0.05) is 19.3 Å². The SMILES string of the molecule is C[C@@H]1CN(S(=O)(=O)N[C@H](C)c2ccccn2)C[C@@H](C)O1. The van der Waals surface area contributed by atoms with Crippen molar-refractivity contribution < 1.29 is 13.2 Å². The topological polar surface area (TPSA) is 71.5 Å². The minimum atomic E-state index is -3.53. The highest BCUT2D eigenvalue weighted by Crippen LogP contribution is 2.16. The highest BCUT2D eigenvalue weighted by atomic mass is 32.2. The van der Waals surface area contributed by atoms with Crippen LogP contribution < -0.4 is 4.72 Å². The normalized spacial score (nSPS) is 26.4. The van der Waals surface area contributed by atoms with Crippen molar-refractivity contribution in [1.29, 1.82) is 0 Å². The lowest BCUT2D eigenvalue weighted by Crippen LogP contribution is -2.52. The molecular weight excluding hydrogens is 278 g/mol. The molecule has 7 heteroatoms. The number of morpholine rings is 1. The first-order chi connectivity index (χ1) is 9.38. The largest absolute Gasteiger partial charge is 0.373 e. The maximum atomic E-state index is 12.4. The summed E-state index contributed by atoms with van der Waals surface area (Å²) in [6.45, 7) is 6.27. The number of nitrogens with zero attached hydrogens (tertiary/aromatic N) is 2. The Balaban J connectivity index is 2.07. The van der Waals surface area contributed by atoms with Gasteiger partial charge in [-0.1, -0.05) is 6.07 Å². The Morgan fingerprint density at radius 3 is 2.55 bits per heavy atom. The molecule has 2 rings (SSSR count). The van der Waals surface area contributed by atoms with E-state index in [1.54, 1.807) is 25.3 Å². The molecular formula is C13H21N3O3S. The Bertz CT molecular complexity index is 525. The number of ether oxygens (including phenoxy) is 1. The van der Waals surface area contributed by atoms with Crippen molar-refractivity contribution in [2.75, 3.05) is 13.1 Å². The summed E-state index contributed by atoms with van der Waals surface area (Å²) in [5, 5.41) is 0. The van der Waals surface area contributed by atoms with Gasteiger partial charge in [0.25, 0.3) is 10.2 Å². The summed E-state index contributed by atoms with van der Waals surface area (Å²) >= 11 is 0. The highest BCUT2D eigenvalue weighted by Gasteiger charge is 2.32. The molecule has 0 aliphatic carbocycles. The van der Waals surface area contributed by atoms with Gasteiger partial charge in [0.2, 0.25) is 0 Å². The quantitative estimate of drug-likeness (QED) is 0.903. The first-order valence-corrected chi connectivity index (χ1v) is 8.16. The number of hydrogen-bond donors (Lipinski definition) is 1. The second kappa shape index (κ2) is 6.17. The molecule has 0 unspecified atom stereocenters. The van der Waals surface area contributed by atoms with Crippen molar-refractivity contribution in [3.8, 4) is 0 Å². The van der Waals surface area contributed by atoms with Gasteiger partial charge in [-0.25, -0.2) is 0 Å². The van der Waals surface area contributed by atoms with Crippen molar-refractivity contribution in [2.45, 2.75) is 39.0 Å². The summed E-state index contributed by atoms with van der Waals surface area (Å²) in [5.41, 5.74) is 0.699. The van der Waals surface area contributed by atoms with Crippen LogP contribution in [0.15, 0.2) is 24.4 Å². The molecule has 0 radical (unpaired) electrons. The average molecular weight is 299 g/mol. The minimum absolute atomic E-state index is 0.0968. The molecule has 6 nitrogen and oxygen atoms in total. The number of hydrogen-bond acceptors (Lipinski definition) is 4. The Morgan fingerprint density at radius 1 is 1.35 bits per heavy atom. The van der Waals surface area contributed by atoms with Gasteiger partial charge >= 0.3 is 0 Å². The fraction of sp³-hybridized carbons (Fsp3) is 0.615. The molecule has 0 saturated carbocycles. The zero-order chi connectivity index (χ0) is 14.8. The molecule has 2 heterocycles. The predicted molar refractivity (Wildman–Crippen MR) is 76.3 cm³/mol. The van der Waals surface area contributed by atoms with Crippen molar-refractivity contribution in [3.05, 3.63) is 30.1 Å².